The van der Waals surface area contributed by atoms with E-state index < -0.39 is 0 Å². The molecule has 5 aromatic carbocycles. The number of hydrogen-bond donors (Lipinski definition) is 1. The van der Waals surface area contributed by atoms with Crippen molar-refractivity contribution in [3.8, 4) is 22.4 Å². The summed E-state index contributed by atoms with van der Waals surface area (Å²) in [5, 5.41) is 5.75. The molecule has 2 aromatic heterocycles. The number of hydrogen-bond acceptors (Lipinski definition) is 4. The van der Waals surface area contributed by atoms with Gasteiger partial charge < -0.3 is 14.8 Å². The van der Waals surface area contributed by atoms with Crippen LogP contribution < -0.4 is 10.2 Å². The van der Waals surface area contributed by atoms with Gasteiger partial charge in [0.2, 0.25) is 0 Å². The van der Waals surface area contributed by atoms with Crippen LogP contribution in [0.2, 0.25) is 0 Å². The molecule has 1 aliphatic carbocycles. The lowest BCUT2D eigenvalue weighted by Gasteiger charge is -2.26. The minimum Gasteiger partial charge on any atom is -0.388 e. The molecule has 1 unspecified atom stereocenters. The molecule has 7 aromatic rings. The summed E-state index contributed by atoms with van der Waals surface area (Å²) < 4.78 is 2.45. The number of fused-ring (bicyclic) bond motifs is 3. The molecule has 5 heteroatoms. The van der Waals surface area contributed by atoms with E-state index in [-0.39, 0.29) is 0 Å². The van der Waals surface area contributed by atoms with Crippen molar-refractivity contribution in [2.75, 3.05) is 25.0 Å². The number of aliphatic imine (C=N–C) groups is 1. The van der Waals surface area contributed by atoms with Crippen molar-refractivity contribution >= 4 is 50.2 Å². The molecular formula is C67H71N5. The van der Waals surface area contributed by atoms with E-state index in [2.05, 4.69) is 236 Å². The summed E-state index contributed by atoms with van der Waals surface area (Å²) in [5.74, 6) is 1.42. The smallest absolute Gasteiger partial charge is 0.136 e. The van der Waals surface area contributed by atoms with E-state index in [1.165, 1.54) is 50.8 Å². The molecular weight excluding hydrogens is 875 g/mol. The number of nitrogens with zero attached hydrogens (tertiary/aromatic N) is 4. The van der Waals surface area contributed by atoms with Gasteiger partial charge in [0.05, 0.1) is 29.0 Å². The van der Waals surface area contributed by atoms with Gasteiger partial charge in [0.25, 0.3) is 0 Å². The number of unbranched alkanes of at least 4 members (excludes halogenated alkanes) is 1. The minimum absolute atomic E-state index is 0.497. The Balaban J connectivity index is 0.000000360. The predicted molar refractivity (Wildman–Crippen MR) is 315 cm³/mol. The Bertz CT molecular complexity index is 3220. The Kier molecular flexibility index (Phi) is 18.9. The van der Waals surface area contributed by atoms with Gasteiger partial charge in [-0.15, -0.1) is 0 Å². The van der Waals surface area contributed by atoms with Crippen LogP contribution in [0.4, 0.5) is 5.69 Å². The van der Waals surface area contributed by atoms with Crippen LogP contribution in [0, 0.1) is 5.92 Å². The highest BCUT2D eigenvalue weighted by Crippen LogP contribution is 2.38. The number of anilines is 1. The molecule has 0 bridgehead atoms. The van der Waals surface area contributed by atoms with Crippen LogP contribution in [0.1, 0.15) is 77.6 Å². The van der Waals surface area contributed by atoms with E-state index in [4.69, 9.17) is 9.98 Å². The van der Waals surface area contributed by atoms with Crippen molar-refractivity contribution in [1.82, 2.24) is 14.9 Å². The van der Waals surface area contributed by atoms with Crippen molar-refractivity contribution in [3.63, 3.8) is 0 Å². The van der Waals surface area contributed by atoms with Gasteiger partial charge in [0.15, 0.2) is 0 Å². The lowest BCUT2D eigenvalue weighted by Crippen LogP contribution is -2.32. The first-order chi connectivity index (χ1) is 35.4. The number of allylic oxidation sites excluding steroid dienone is 14. The van der Waals surface area contributed by atoms with Crippen LogP contribution in [0.5, 0.6) is 0 Å². The van der Waals surface area contributed by atoms with E-state index in [0.717, 1.165) is 63.6 Å². The summed E-state index contributed by atoms with van der Waals surface area (Å²) in [6.45, 7) is 17.9. The zero-order chi connectivity index (χ0) is 50.7. The Morgan fingerprint density at radius 2 is 1.47 bits per heavy atom. The molecule has 0 saturated carbocycles. The molecule has 5 nitrogen and oxygen atoms in total. The molecule has 0 radical (unpaired) electrons. The highest BCUT2D eigenvalue weighted by atomic mass is 15.2. The fourth-order valence-electron chi connectivity index (χ4n) is 9.20. The van der Waals surface area contributed by atoms with Crippen molar-refractivity contribution in [2.45, 2.75) is 60.8 Å². The van der Waals surface area contributed by atoms with Crippen molar-refractivity contribution in [2.24, 2.45) is 10.9 Å². The molecule has 1 atom stereocenters. The second kappa shape index (κ2) is 26.3. The molecule has 2 aliphatic rings. The summed E-state index contributed by atoms with van der Waals surface area (Å²) in [6.07, 6.45) is 30.9. The molecule has 0 spiro atoms. The average molecular weight is 946 g/mol. The fraction of sp³-hybridized carbons (Fsp3) is 0.194. The van der Waals surface area contributed by atoms with Crippen molar-refractivity contribution in [3.05, 3.63) is 248 Å². The number of rotatable bonds is 13. The van der Waals surface area contributed by atoms with Crippen LogP contribution in [-0.4, -0.2) is 35.5 Å². The van der Waals surface area contributed by atoms with Gasteiger partial charge in [-0.2, -0.15) is 0 Å². The van der Waals surface area contributed by atoms with Crippen LogP contribution in [-0.2, 0) is 0 Å². The third-order valence-electron chi connectivity index (χ3n) is 12.7. The number of nitrogens with one attached hydrogen (secondary N) is 1. The first kappa shape index (κ1) is 51.8. The summed E-state index contributed by atoms with van der Waals surface area (Å²) >= 11 is 0. The fourth-order valence-corrected chi connectivity index (χ4v) is 9.20. The van der Waals surface area contributed by atoms with E-state index in [9.17, 15) is 0 Å². The zero-order valence-corrected chi connectivity index (χ0v) is 43.4. The largest absolute Gasteiger partial charge is 0.388 e. The van der Waals surface area contributed by atoms with Gasteiger partial charge in [-0.05, 0) is 133 Å². The zero-order valence-electron chi connectivity index (χ0n) is 43.4. The Labute approximate surface area is 429 Å². The lowest BCUT2D eigenvalue weighted by atomic mass is 9.95. The molecule has 0 saturated heterocycles. The molecule has 9 rings (SSSR count). The maximum atomic E-state index is 5.24. The monoisotopic (exact) mass is 946 g/mol. The van der Waals surface area contributed by atoms with E-state index in [0.29, 0.717) is 19.0 Å². The van der Waals surface area contributed by atoms with Gasteiger partial charge >= 0.3 is 0 Å². The Morgan fingerprint density at radius 3 is 2.22 bits per heavy atom. The van der Waals surface area contributed by atoms with Gasteiger partial charge in [-0.1, -0.05) is 186 Å². The van der Waals surface area contributed by atoms with Crippen molar-refractivity contribution in [1.29, 1.82) is 0 Å². The summed E-state index contributed by atoms with van der Waals surface area (Å²) in [7, 11) is 1.97. The molecule has 3 heterocycles. The standard InChI is InChI=1S/C50H44N4.C15H21N.C2H6/c1-4-17-37(18-5-2)46-24-16-25-47(52-46)40-32-39(33-41(34-40)50-51-29-13-6-7-14-30-53(50)42-20-9-8-10-21-42)38-27-28-49-45(35-38)44-23-11-12-26-48(44)54(49)43-22-15-19-36(3)31-43;1-4-5-7-12-15(16-3)13(2)14-10-8-6-9-11-14;1-2/h4-28,32-36H,1,29-31H2,2-3H3;6-12,16H,4-5H2,1-3H3;1-2H3/b13-6-,14-7-,18-5-,37-17+,51-50?;12-7-,15-13-;. The number of aromatic nitrogens is 2. The second-order valence-electron chi connectivity index (χ2n) is 17.7. The third kappa shape index (κ3) is 12.6. The van der Waals surface area contributed by atoms with Crippen LogP contribution in [0.3, 0.4) is 0 Å². The van der Waals surface area contributed by atoms with Crippen molar-refractivity contribution < 1.29 is 0 Å². The summed E-state index contributed by atoms with van der Waals surface area (Å²) in [5.41, 5.74) is 15.8. The molecule has 0 amide bonds. The average Bonchev–Trinajstić information content (AvgIpc) is 3.82. The summed E-state index contributed by atoms with van der Waals surface area (Å²) in [4.78, 5) is 12.8. The first-order valence-corrected chi connectivity index (χ1v) is 25.7. The van der Waals surface area contributed by atoms with Crippen LogP contribution >= 0.6 is 0 Å². The lowest BCUT2D eigenvalue weighted by molar-refractivity contribution is 0.730. The molecule has 1 aliphatic heterocycles. The van der Waals surface area contributed by atoms with E-state index in [1.807, 2.05) is 52.1 Å². The van der Waals surface area contributed by atoms with E-state index >= 15 is 0 Å². The topological polar surface area (TPSA) is 45.5 Å². The first-order valence-electron chi connectivity index (χ1n) is 25.7. The maximum Gasteiger partial charge on any atom is 0.136 e. The van der Waals surface area contributed by atoms with Gasteiger partial charge in [-0.25, -0.2) is 4.98 Å². The van der Waals surface area contributed by atoms with Crippen LogP contribution in [0.25, 0.3) is 61.0 Å². The van der Waals surface area contributed by atoms with Crippen LogP contribution in [0.15, 0.2) is 236 Å². The highest BCUT2D eigenvalue weighted by molar-refractivity contribution is 6.13. The normalized spacial score (nSPS) is 16.1. The Morgan fingerprint density at radius 1 is 0.750 bits per heavy atom. The molecule has 1 N–H and O–H groups in total. The second-order valence-corrected chi connectivity index (χ2v) is 17.7. The minimum atomic E-state index is 0.497. The molecule has 0 fully saturated rings. The number of amidine groups is 1. The SMILES string of the molecule is C=C/C=C(\C=C/C)c1cccc(-c2cc(C3=NC/C=C\C=C/CN3c3ccccc3)cc(-c3ccc4c(c3)c3ccccc3n4C3=CC=CC(C)C3)c2)n1.CC.CCC/C=C\C(NC)=C(/C)c1ccccc1. The quantitative estimate of drug-likeness (QED) is 0.117. The summed E-state index contributed by atoms with van der Waals surface area (Å²) in [6, 6.07) is 49.8. The van der Waals surface area contributed by atoms with Gasteiger partial charge in [0.1, 0.15) is 5.84 Å². The highest BCUT2D eigenvalue weighted by Gasteiger charge is 2.21. The number of likely N-dealkylation sites (N-methyl/N-ethyl adjacent to an activating group) is 1. The number of pyridine rings is 1. The van der Waals surface area contributed by atoms with Gasteiger partial charge in [-0.3, -0.25) is 4.99 Å². The van der Waals surface area contributed by atoms with E-state index in [1.54, 1.807) is 0 Å². The third-order valence-corrected chi connectivity index (χ3v) is 12.7. The maximum absolute atomic E-state index is 5.24. The molecule has 72 heavy (non-hydrogen) atoms. The number of benzene rings is 5. The predicted octanol–water partition coefficient (Wildman–Crippen LogP) is 17.5. The number of para-hydroxylation sites is 2. The molecule has 364 valence electrons. The Hall–Kier alpha value is -8.02. The van der Waals surface area contributed by atoms with Gasteiger partial charge in [0, 0.05) is 52.6 Å².